The fraction of sp³-hybridized carbons (Fsp3) is 0.273. The highest BCUT2D eigenvalue weighted by Crippen LogP contribution is 2.20. The van der Waals surface area contributed by atoms with Crippen LogP contribution in [0.1, 0.15) is 12.5 Å². The summed E-state index contributed by atoms with van der Waals surface area (Å²) in [5, 5.41) is 13.4. The predicted molar refractivity (Wildman–Crippen MR) is 122 cm³/mol. The molecule has 1 amide bonds. The van der Waals surface area contributed by atoms with Crippen LogP contribution >= 0.6 is 0 Å². The molecule has 11 nitrogen and oxygen atoms in total. The zero-order valence-electron chi connectivity index (χ0n) is 18.2. The van der Waals surface area contributed by atoms with Gasteiger partial charge in [-0.1, -0.05) is 12.1 Å². The number of anilines is 1. The van der Waals surface area contributed by atoms with E-state index in [4.69, 9.17) is 9.47 Å². The molecule has 1 N–H and O–H groups in total. The maximum atomic E-state index is 12.7. The Labute approximate surface area is 196 Å². The third kappa shape index (κ3) is 6.47. The number of hydrogen-bond acceptors (Lipinski definition) is 8. The molecule has 3 rings (SSSR count). The van der Waals surface area contributed by atoms with Gasteiger partial charge in [-0.2, -0.15) is 4.31 Å². The van der Waals surface area contributed by atoms with E-state index < -0.39 is 32.9 Å². The Morgan fingerprint density at radius 3 is 2.50 bits per heavy atom. The van der Waals surface area contributed by atoms with E-state index in [9.17, 15) is 28.1 Å². The Morgan fingerprint density at radius 1 is 1.18 bits per heavy atom. The van der Waals surface area contributed by atoms with Gasteiger partial charge >= 0.3 is 5.97 Å². The number of carbonyl (C=O) groups is 2. The van der Waals surface area contributed by atoms with Crippen molar-refractivity contribution >= 4 is 39.4 Å². The Balaban J connectivity index is 1.55. The van der Waals surface area contributed by atoms with Crippen molar-refractivity contribution < 1.29 is 32.4 Å². The Kier molecular flexibility index (Phi) is 8.10. The summed E-state index contributed by atoms with van der Waals surface area (Å²) >= 11 is 0. The van der Waals surface area contributed by atoms with Crippen molar-refractivity contribution in [2.45, 2.75) is 17.9 Å². The van der Waals surface area contributed by atoms with Crippen LogP contribution in [-0.2, 0) is 29.1 Å². The lowest BCUT2D eigenvalue weighted by atomic mass is 10.2. The molecule has 1 saturated heterocycles. The smallest absolute Gasteiger partial charge is 0.331 e. The van der Waals surface area contributed by atoms with Crippen LogP contribution in [0.3, 0.4) is 0 Å². The first-order valence-electron chi connectivity index (χ1n) is 10.3. The number of nitrogens with zero attached hydrogens (tertiary/aromatic N) is 2. The van der Waals surface area contributed by atoms with Crippen LogP contribution in [-0.4, -0.2) is 61.9 Å². The lowest BCUT2D eigenvalue weighted by Crippen LogP contribution is -2.40. The number of non-ortho nitro benzene ring substituents is 1. The number of benzene rings is 2. The van der Waals surface area contributed by atoms with Crippen molar-refractivity contribution in [1.82, 2.24) is 4.31 Å². The number of esters is 1. The minimum atomic E-state index is -3.65. The first kappa shape index (κ1) is 25.0. The molecule has 34 heavy (non-hydrogen) atoms. The second-order valence-corrected chi connectivity index (χ2v) is 9.23. The van der Waals surface area contributed by atoms with E-state index >= 15 is 0 Å². The fourth-order valence-electron chi connectivity index (χ4n) is 3.06. The lowest BCUT2D eigenvalue weighted by Gasteiger charge is -2.26. The van der Waals surface area contributed by atoms with Gasteiger partial charge in [0, 0.05) is 37.0 Å². The summed E-state index contributed by atoms with van der Waals surface area (Å²) in [6, 6.07) is 11.4. The molecule has 0 saturated carbocycles. The highest BCUT2D eigenvalue weighted by molar-refractivity contribution is 7.89. The molecule has 2 aromatic carbocycles. The van der Waals surface area contributed by atoms with Gasteiger partial charge in [0.2, 0.25) is 10.0 Å². The largest absolute Gasteiger partial charge is 0.449 e. The van der Waals surface area contributed by atoms with Gasteiger partial charge in [-0.3, -0.25) is 14.9 Å². The molecule has 0 aromatic heterocycles. The maximum Gasteiger partial charge on any atom is 0.331 e. The van der Waals surface area contributed by atoms with Gasteiger partial charge in [0.05, 0.1) is 23.0 Å². The zero-order chi connectivity index (χ0) is 24.7. The third-order valence-electron chi connectivity index (χ3n) is 4.88. The number of sulfonamides is 1. The number of carbonyl (C=O) groups excluding carboxylic acids is 2. The average molecular weight is 490 g/mol. The molecule has 1 heterocycles. The van der Waals surface area contributed by atoms with Gasteiger partial charge in [0.1, 0.15) is 0 Å². The van der Waals surface area contributed by atoms with Crippen LogP contribution in [0.15, 0.2) is 59.5 Å². The molecule has 1 aliphatic heterocycles. The molecule has 180 valence electrons. The number of morpholine rings is 1. The monoisotopic (exact) mass is 489 g/mol. The van der Waals surface area contributed by atoms with E-state index in [-0.39, 0.29) is 23.7 Å². The molecule has 0 radical (unpaired) electrons. The van der Waals surface area contributed by atoms with Crippen LogP contribution in [0, 0.1) is 10.1 Å². The molecule has 1 aliphatic rings. The van der Waals surface area contributed by atoms with E-state index in [1.54, 1.807) is 6.07 Å². The van der Waals surface area contributed by atoms with Crippen LogP contribution in [0.4, 0.5) is 11.4 Å². The molecule has 0 bridgehead atoms. The number of amides is 1. The first-order chi connectivity index (χ1) is 16.2. The summed E-state index contributed by atoms with van der Waals surface area (Å²) in [5.74, 6) is -1.41. The fourth-order valence-corrected chi connectivity index (χ4v) is 4.47. The van der Waals surface area contributed by atoms with Crippen LogP contribution in [0.2, 0.25) is 0 Å². The van der Waals surface area contributed by atoms with Crippen LogP contribution < -0.4 is 5.32 Å². The minimum Gasteiger partial charge on any atom is -0.449 e. The van der Waals surface area contributed by atoms with Crippen LogP contribution in [0.25, 0.3) is 6.08 Å². The topological polar surface area (TPSA) is 145 Å². The average Bonchev–Trinajstić information content (AvgIpc) is 2.83. The van der Waals surface area contributed by atoms with Gasteiger partial charge in [0.25, 0.3) is 11.6 Å². The molecule has 1 unspecified atom stereocenters. The second kappa shape index (κ2) is 11.0. The Bertz CT molecular complexity index is 1190. The number of nitro benzene ring substituents is 1. The summed E-state index contributed by atoms with van der Waals surface area (Å²) in [7, 11) is -3.65. The summed E-state index contributed by atoms with van der Waals surface area (Å²) in [6.07, 6.45) is 1.26. The number of rotatable bonds is 8. The lowest BCUT2D eigenvalue weighted by molar-refractivity contribution is -0.384. The van der Waals surface area contributed by atoms with Crippen molar-refractivity contribution in [3.63, 3.8) is 0 Å². The normalized spacial score (nSPS) is 15.6. The molecular weight excluding hydrogens is 466 g/mol. The molecule has 1 fully saturated rings. The SMILES string of the molecule is CC(OC(=O)/C=C/c1cccc([N+](=O)[O-])c1)C(=O)Nc1ccc(S(=O)(=O)N2CCOCC2)cc1. The van der Waals surface area contributed by atoms with E-state index in [0.717, 1.165) is 6.08 Å². The van der Waals surface area contributed by atoms with Gasteiger partial charge in [-0.25, -0.2) is 13.2 Å². The molecule has 1 atom stereocenters. The predicted octanol–water partition coefficient (Wildman–Crippen LogP) is 2.20. The molecule has 0 spiro atoms. The zero-order valence-corrected chi connectivity index (χ0v) is 19.1. The van der Waals surface area contributed by atoms with Gasteiger partial charge in [0.15, 0.2) is 6.10 Å². The van der Waals surface area contributed by atoms with Crippen molar-refractivity contribution in [2.75, 3.05) is 31.6 Å². The second-order valence-electron chi connectivity index (χ2n) is 7.29. The molecule has 2 aromatic rings. The van der Waals surface area contributed by atoms with Crippen molar-refractivity contribution in [1.29, 1.82) is 0 Å². The number of nitro groups is 1. The molecule has 0 aliphatic carbocycles. The Morgan fingerprint density at radius 2 is 1.85 bits per heavy atom. The van der Waals surface area contributed by atoms with Crippen LogP contribution in [0.5, 0.6) is 0 Å². The van der Waals surface area contributed by atoms with E-state index in [1.165, 1.54) is 59.8 Å². The van der Waals surface area contributed by atoms with E-state index in [2.05, 4.69) is 5.32 Å². The number of nitrogens with one attached hydrogen (secondary N) is 1. The van der Waals surface area contributed by atoms with E-state index in [0.29, 0.717) is 24.5 Å². The number of ether oxygens (including phenoxy) is 2. The maximum absolute atomic E-state index is 12.7. The summed E-state index contributed by atoms with van der Waals surface area (Å²) in [4.78, 5) is 34.7. The molecule has 12 heteroatoms. The van der Waals surface area contributed by atoms with Gasteiger partial charge in [-0.15, -0.1) is 0 Å². The Hall–Kier alpha value is -3.61. The summed E-state index contributed by atoms with van der Waals surface area (Å²) in [6.45, 7) is 2.61. The minimum absolute atomic E-state index is 0.0955. The standard InChI is InChI=1S/C22H23N3O8S/c1-16(33-21(26)10-5-17-3-2-4-19(15-17)25(28)29)22(27)23-18-6-8-20(9-7-18)34(30,31)24-11-13-32-14-12-24/h2-10,15-16H,11-14H2,1H3,(H,23,27)/b10-5+. The van der Waals surface area contributed by atoms with Crippen molar-refractivity contribution in [2.24, 2.45) is 0 Å². The quantitative estimate of drug-likeness (QED) is 0.257. The number of hydrogen-bond donors (Lipinski definition) is 1. The van der Waals surface area contributed by atoms with E-state index in [1.807, 2.05) is 0 Å². The third-order valence-corrected chi connectivity index (χ3v) is 6.80. The van der Waals surface area contributed by atoms with Gasteiger partial charge < -0.3 is 14.8 Å². The van der Waals surface area contributed by atoms with Crippen molar-refractivity contribution in [3.05, 3.63) is 70.3 Å². The van der Waals surface area contributed by atoms with Crippen molar-refractivity contribution in [3.8, 4) is 0 Å². The summed E-state index contributed by atoms with van der Waals surface area (Å²) < 4.78 is 36.9. The van der Waals surface area contributed by atoms with Gasteiger partial charge in [-0.05, 0) is 42.8 Å². The first-order valence-corrected chi connectivity index (χ1v) is 11.7. The highest BCUT2D eigenvalue weighted by Gasteiger charge is 2.26. The highest BCUT2D eigenvalue weighted by atomic mass is 32.2. The molecular formula is C22H23N3O8S. The summed E-state index contributed by atoms with van der Waals surface area (Å²) in [5.41, 5.74) is 0.642.